The number of fused-ring (bicyclic) bond motifs is 1. The first-order valence-corrected chi connectivity index (χ1v) is 10.7. The Morgan fingerprint density at radius 1 is 1.32 bits per heavy atom. The van der Waals surface area contributed by atoms with E-state index in [1.165, 1.54) is 5.70 Å². The van der Waals surface area contributed by atoms with Gasteiger partial charge in [-0.1, -0.05) is 13.0 Å². The lowest BCUT2D eigenvalue weighted by Gasteiger charge is -2.51. The predicted molar refractivity (Wildman–Crippen MR) is 96.6 cm³/mol. The van der Waals surface area contributed by atoms with Crippen LogP contribution in [-0.4, -0.2) is 54.7 Å². The van der Waals surface area contributed by atoms with Gasteiger partial charge in [0.2, 0.25) is 16.2 Å². The van der Waals surface area contributed by atoms with Crippen molar-refractivity contribution in [2.24, 2.45) is 17.8 Å². The van der Waals surface area contributed by atoms with E-state index >= 15 is 0 Å². The normalized spacial score (nSPS) is 33.3. The van der Waals surface area contributed by atoms with E-state index in [9.17, 15) is 18.7 Å². The Labute approximate surface area is 152 Å². The quantitative estimate of drug-likeness (QED) is 0.738. The number of hydrogen-bond acceptors (Lipinski definition) is 5. The maximum absolute atomic E-state index is 12.2. The number of rotatable bonds is 4. The summed E-state index contributed by atoms with van der Waals surface area (Å²) in [6, 6.07) is 0. The van der Waals surface area contributed by atoms with E-state index < -0.39 is 16.2 Å². The second kappa shape index (κ2) is 8.29. The predicted octanol–water partition coefficient (Wildman–Crippen LogP) is 2.14. The van der Waals surface area contributed by atoms with Crippen molar-refractivity contribution in [3.8, 4) is 0 Å². The Morgan fingerprint density at radius 3 is 2.80 bits per heavy atom. The van der Waals surface area contributed by atoms with Crippen molar-refractivity contribution in [2.45, 2.75) is 58.0 Å². The van der Waals surface area contributed by atoms with Gasteiger partial charge >= 0.3 is 0 Å². The summed E-state index contributed by atoms with van der Waals surface area (Å²) in [6.07, 6.45) is 8.53. The molecule has 3 aliphatic rings. The molecule has 0 aromatic heterocycles. The van der Waals surface area contributed by atoms with Crippen molar-refractivity contribution >= 4 is 16.2 Å². The molecule has 0 radical (unpaired) electrons. The van der Waals surface area contributed by atoms with Crippen molar-refractivity contribution < 1.29 is 18.7 Å². The van der Waals surface area contributed by atoms with Crippen LogP contribution in [0.25, 0.3) is 0 Å². The summed E-state index contributed by atoms with van der Waals surface area (Å²) in [6.45, 7) is 4.39. The number of aliphatic hydroxyl groups excluding tert-OH is 1. The highest BCUT2D eigenvalue weighted by molar-refractivity contribution is 7.95. The maximum atomic E-state index is 12.2. The van der Waals surface area contributed by atoms with Crippen molar-refractivity contribution in [3.63, 3.8) is 0 Å². The molecule has 142 valence electrons. The van der Waals surface area contributed by atoms with Crippen LogP contribution < -0.4 is 0 Å². The molecule has 2 heterocycles. The van der Waals surface area contributed by atoms with E-state index in [1.807, 2.05) is 6.92 Å². The Bertz CT molecular complexity index is 553. The van der Waals surface area contributed by atoms with Gasteiger partial charge in [0.05, 0.1) is 6.10 Å². The summed E-state index contributed by atoms with van der Waals surface area (Å²) < 4.78 is 20.6. The lowest BCUT2D eigenvalue weighted by atomic mass is 9.71. The van der Waals surface area contributed by atoms with Crippen molar-refractivity contribution in [1.29, 1.82) is 0 Å². The average Bonchev–Trinajstić information content (AvgIpc) is 2.62. The smallest absolute Gasteiger partial charge is 0.249 e. The average molecular weight is 371 g/mol. The molecule has 3 rings (SSSR count). The first-order valence-electron chi connectivity index (χ1n) is 9.58. The zero-order valence-corrected chi connectivity index (χ0v) is 15.8. The van der Waals surface area contributed by atoms with Gasteiger partial charge < -0.3 is 14.7 Å². The van der Waals surface area contributed by atoms with Crippen LogP contribution in [0.2, 0.25) is 0 Å². The third-order valence-corrected chi connectivity index (χ3v) is 6.74. The molecule has 5 atom stereocenters. The zero-order chi connectivity index (χ0) is 18.0. The van der Waals surface area contributed by atoms with Gasteiger partial charge in [-0.15, -0.1) is 0 Å². The van der Waals surface area contributed by atoms with E-state index in [0.29, 0.717) is 13.0 Å². The fourth-order valence-electron chi connectivity index (χ4n) is 4.93. The van der Waals surface area contributed by atoms with E-state index in [-0.39, 0.29) is 23.9 Å². The van der Waals surface area contributed by atoms with Gasteiger partial charge in [-0.3, -0.25) is 4.79 Å². The first-order chi connectivity index (χ1) is 12.0. The highest BCUT2D eigenvalue weighted by Crippen LogP contribution is 2.44. The van der Waals surface area contributed by atoms with Gasteiger partial charge in [0.25, 0.3) is 0 Å². The topological polar surface area (TPSA) is 81.1 Å². The molecule has 4 unspecified atom stereocenters. The summed E-state index contributed by atoms with van der Waals surface area (Å²) in [5, 5.41) is 14.1. The number of hydrazine groups is 1. The Morgan fingerprint density at radius 2 is 2.12 bits per heavy atom. The lowest BCUT2D eigenvalue weighted by Crippen LogP contribution is -2.54. The number of nitrogens with zero attached hydrogens (tertiary/aromatic N) is 2. The summed E-state index contributed by atoms with van der Waals surface area (Å²) in [4.78, 5) is 12.2. The van der Waals surface area contributed by atoms with Crippen LogP contribution in [0.4, 0.5) is 0 Å². The minimum atomic E-state index is -2.39. The summed E-state index contributed by atoms with van der Waals surface area (Å²) in [5.74, 6) is 0.0802. The molecular weight excluding hydrogens is 340 g/mol. The van der Waals surface area contributed by atoms with Crippen LogP contribution in [0, 0.1) is 17.8 Å². The van der Waals surface area contributed by atoms with Gasteiger partial charge in [-0.2, -0.15) is 0 Å². The minimum Gasteiger partial charge on any atom is -0.392 e. The van der Waals surface area contributed by atoms with Crippen molar-refractivity contribution in [2.75, 3.05) is 19.6 Å². The third kappa shape index (κ3) is 3.99. The first kappa shape index (κ1) is 19.0. The number of carbonyl (C=O) groups is 1. The number of allylic oxidation sites excluding steroid dienone is 2. The maximum Gasteiger partial charge on any atom is 0.249 e. The molecule has 7 heteroatoms. The molecule has 0 spiro atoms. The highest BCUT2D eigenvalue weighted by atomic mass is 32.2. The van der Waals surface area contributed by atoms with E-state index in [0.717, 1.165) is 51.6 Å². The molecular formula is C18H30N2O4S. The number of aliphatic hydroxyl groups is 1. The van der Waals surface area contributed by atoms with E-state index in [2.05, 4.69) is 16.1 Å². The van der Waals surface area contributed by atoms with Crippen LogP contribution >= 0.6 is 0 Å². The molecule has 0 aromatic rings. The molecule has 2 N–H and O–H groups in total. The fraction of sp³-hybridized carbons (Fsp3) is 0.833. The number of β-amino-alcohol motifs (C(OH)–C–C–N with tert-alkyl or cyclic N) is 1. The molecule has 2 fully saturated rings. The number of carbonyl (C=O) groups excluding carboxylic acids is 1. The summed E-state index contributed by atoms with van der Waals surface area (Å²) in [5.41, 5.74) is 1.27. The lowest BCUT2D eigenvalue weighted by molar-refractivity contribution is -0.120. The van der Waals surface area contributed by atoms with E-state index in [4.69, 9.17) is 0 Å². The summed E-state index contributed by atoms with van der Waals surface area (Å²) >= 11 is -2.39. The standard InChI is InChI=1S/C18H30N2O4S/c1-2-14(18(22)25(23)24)15-9-11-20(17-8-4-3-7-16(15)17)19-10-5-6-13(21)12-19/h8,13-16,21H,2-7,9-12H2,1H3,(H,23,24)/t13-,14?,15?,16?/m1/s1. The van der Waals surface area contributed by atoms with Gasteiger partial charge in [-0.05, 0) is 50.9 Å². The SMILES string of the molecule is CCC(C(=O)S(=O)O)C1CCN(N2CCC[C@@H](O)C2)C2=CCCCC21. The minimum absolute atomic E-state index is 0.145. The monoisotopic (exact) mass is 370 g/mol. The van der Waals surface area contributed by atoms with Gasteiger partial charge in [-0.25, -0.2) is 9.22 Å². The van der Waals surface area contributed by atoms with Crippen LogP contribution in [0.3, 0.4) is 0 Å². The molecule has 0 saturated carbocycles. The van der Waals surface area contributed by atoms with E-state index in [1.54, 1.807) is 0 Å². The molecule has 0 bridgehead atoms. The van der Waals surface area contributed by atoms with Crippen LogP contribution in [-0.2, 0) is 15.9 Å². The van der Waals surface area contributed by atoms with Gasteiger partial charge in [0, 0.05) is 37.2 Å². The zero-order valence-electron chi connectivity index (χ0n) is 15.0. The second-order valence-electron chi connectivity index (χ2n) is 7.53. The van der Waals surface area contributed by atoms with Crippen LogP contribution in [0.5, 0.6) is 0 Å². The Kier molecular flexibility index (Phi) is 6.30. The molecule has 2 saturated heterocycles. The van der Waals surface area contributed by atoms with Crippen LogP contribution in [0.1, 0.15) is 51.9 Å². The fourth-order valence-corrected chi connectivity index (χ4v) is 5.53. The molecule has 6 nitrogen and oxygen atoms in total. The molecule has 1 aliphatic carbocycles. The van der Waals surface area contributed by atoms with Crippen LogP contribution in [0.15, 0.2) is 11.8 Å². The largest absolute Gasteiger partial charge is 0.392 e. The Balaban J connectivity index is 1.81. The number of hydrogen-bond donors (Lipinski definition) is 2. The summed E-state index contributed by atoms with van der Waals surface area (Å²) in [7, 11) is 0. The molecule has 0 aromatic carbocycles. The number of piperidine rings is 2. The van der Waals surface area contributed by atoms with Crippen molar-refractivity contribution in [3.05, 3.63) is 11.8 Å². The highest BCUT2D eigenvalue weighted by Gasteiger charge is 2.43. The Hall–Kier alpha value is -0.760. The second-order valence-corrected chi connectivity index (χ2v) is 8.43. The van der Waals surface area contributed by atoms with Gasteiger partial charge in [0.15, 0.2) is 0 Å². The molecule has 25 heavy (non-hydrogen) atoms. The molecule has 2 aliphatic heterocycles. The third-order valence-electron chi connectivity index (χ3n) is 6.09. The molecule has 0 amide bonds. The van der Waals surface area contributed by atoms with Crippen molar-refractivity contribution in [1.82, 2.24) is 10.0 Å². The van der Waals surface area contributed by atoms with Gasteiger partial charge in [0.1, 0.15) is 0 Å².